The number of benzene rings is 3. The van der Waals surface area contributed by atoms with Crippen molar-refractivity contribution in [2.75, 3.05) is 26.2 Å². The number of rotatable bonds is 11. The smallest absolute Gasteiger partial charge is 0.119 e. The van der Waals surface area contributed by atoms with Crippen molar-refractivity contribution in [1.82, 2.24) is 4.90 Å². The molecule has 2 nitrogen and oxygen atoms in total. The Balaban J connectivity index is 1.72. The molecule has 0 aromatic heterocycles. The minimum Gasteiger partial charge on any atom is -0.494 e. The van der Waals surface area contributed by atoms with Crippen LogP contribution in [0.2, 0.25) is 0 Å². The molecule has 0 amide bonds. The first kappa shape index (κ1) is 23.3. The molecule has 0 aliphatic carbocycles. The second-order valence-corrected chi connectivity index (χ2v) is 8.32. The SMILES string of the molecule is CCN(CC)CCCCOc1ccc(/C(=C(/Br)c2ccccc2)c2ccccc2)cc1. The van der Waals surface area contributed by atoms with Crippen LogP contribution in [0.1, 0.15) is 43.4 Å². The summed E-state index contributed by atoms with van der Waals surface area (Å²) in [5.74, 6) is 0.926. The van der Waals surface area contributed by atoms with Crippen LogP contribution in [0, 0.1) is 0 Å². The first-order valence-electron chi connectivity index (χ1n) is 11.2. The van der Waals surface area contributed by atoms with E-state index in [1.165, 1.54) is 17.6 Å². The average Bonchev–Trinajstić information content (AvgIpc) is 2.83. The molecule has 0 heterocycles. The van der Waals surface area contributed by atoms with Gasteiger partial charge < -0.3 is 9.64 Å². The highest BCUT2D eigenvalue weighted by atomic mass is 79.9. The van der Waals surface area contributed by atoms with E-state index in [0.717, 1.165) is 54.0 Å². The maximum absolute atomic E-state index is 5.99. The van der Waals surface area contributed by atoms with Gasteiger partial charge in [-0.25, -0.2) is 0 Å². The number of nitrogens with zero attached hydrogens (tertiary/aromatic N) is 1. The van der Waals surface area contributed by atoms with Crippen molar-refractivity contribution in [3.8, 4) is 5.75 Å². The highest BCUT2D eigenvalue weighted by Gasteiger charge is 2.12. The molecule has 0 aliphatic rings. The molecule has 3 heteroatoms. The van der Waals surface area contributed by atoms with Gasteiger partial charge in [-0.05, 0) is 77.2 Å². The Hall–Kier alpha value is -2.36. The zero-order valence-corrected chi connectivity index (χ0v) is 20.1. The zero-order chi connectivity index (χ0) is 21.9. The maximum atomic E-state index is 5.99. The third-order valence-corrected chi connectivity index (χ3v) is 6.34. The van der Waals surface area contributed by atoms with E-state index in [0.29, 0.717) is 0 Å². The van der Waals surface area contributed by atoms with Gasteiger partial charge in [0, 0.05) is 10.1 Å². The summed E-state index contributed by atoms with van der Waals surface area (Å²) in [4.78, 5) is 2.46. The first-order chi connectivity index (χ1) is 15.2. The molecule has 3 rings (SSSR count). The number of unbranched alkanes of at least 4 members (excludes halogenated alkanes) is 1. The number of hydrogen-bond donors (Lipinski definition) is 0. The fourth-order valence-electron chi connectivity index (χ4n) is 3.64. The summed E-state index contributed by atoms with van der Waals surface area (Å²) in [5.41, 5.74) is 4.69. The van der Waals surface area contributed by atoms with Crippen LogP contribution in [0.3, 0.4) is 0 Å². The Morgan fingerprint density at radius 1 is 0.710 bits per heavy atom. The van der Waals surface area contributed by atoms with Gasteiger partial charge in [-0.15, -0.1) is 0 Å². The van der Waals surface area contributed by atoms with E-state index in [2.05, 4.69) is 114 Å². The van der Waals surface area contributed by atoms with Crippen molar-refractivity contribution in [3.63, 3.8) is 0 Å². The van der Waals surface area contributed by atoms with E-state index in [1.807, 2.05) is 6.07 Å². The Kier molecular flexibility index (Phi) is 9.39. The molecule has 0 spiro atoms. The van der Waals surface area contributed by atoms with E-state index in [1.54, 1.807) is 0 Å². The van der Waals surface area contributed by atoms with Gasteiger partial charge in [-0.3, -0.25) is 0 Å². The predicted octanol–water partition coefficient (Wildman–Crippen LogP) is 7.50. The van der Waals surface area contributed by atoms with Crippen LogP contribution >= 0.6 is 15.9 Å². The van der Waals surface area contributed by atoms with Gasteiger partial charge >= 0.3 is 0 Å². The van der Waals surface area contributed by atoms with E-state index < -0.39 is 0 Å². The Morgan fingerprint density at radius 3 is 1.84 bits per heavy atom. The van der Waals surface area contributed by atoms with Crippen molar-refractivity contribution in [1.29, 1.82) is 0 Å². The summed E-state index contributed by atoms with van der Waals surface area (Å²) in [6.07, 6.45) is 2.25. The standard InChI is InChI=1S/C28H32BrNO/c1-3-30(4-2)21-11-12-22-31-26-19-17-24(18-20-26)27(23-13-7-5-8-14-23)28(29)25-15-9-6-10-16-25/h5-10,13-20H,3-4,11-12,21-22H2,1-2H3/b28-27+. The molecule has 3 aromatic rings. The van der Waals surface area contributed by atoms with E-state index in [4.69, 9.17) is 4.74 Å². The summed E-state index contributed by atoms with van der Waals surface area (Å²) in [7, 11) is 0. The molecule has 0 saturated carbocycles. The van der Waals surface area contributed by atoms with Crippen LogP contribution in [-0.4, -0.2) is 31.1 Å². The van der Waals surface area contributed by atoms with E-state index in [9.17, 15) is 0 Å². The highest BCUT2D eigenvalue weighted by molar-refractivity contribution is 9.15. The molecule has 0 N–H and O–H groups in total. The Morgan fingerprint density at radius 2 is 1.26 bits per heavy atom. The van der Waals surface area contributed by atoms with Gasteiger partial charge in [0.2, 0.25) is 0 Å². The molecular formula is C28H32BrNO. The van der Waals surface area contributed by atoms with E-state index >= 15 is 0 Å². The number of ether oxygens (including phenoxy) is 1. The maximum Gasteiger partial charge on any atom is 0.119 e. The van der Waals surface area contributed by atoms with Crippen molar-refractivity contribution < 1.29 is 4.74 Å². The fraction of sp³-hybridized carbons (Fsp3) is 0.286. The van der Waals surface area contributed by atoms with Gasteiger partial charge in [0.05, 0.1) is 6.61 Å². The molecule has 0 radical (unpaired) electrons. The molecule has 0 aliphatic heterocycles. The summed E-state index contributed by atoms with van der Waals surface area (Å²) in [6, 6.07) is 29.4. The first-order valence-corrected chi connectivity index (χ1v) is 12.0. The van der Waals surface area contributed by atoms with Gasteiger partial charge in [-0.1, -0.05) is 86.6 Å². The van der Waals surface area contributed by atoms with Crippen molar-refractivity contribution in [2.24, 2.45) is 0 Å². The van der Waals surface area contributed by atoms with Crippen LogP contribution in [0.4, 0.5) is 0 Å². The predicted molar refractivity (Wildman–Crippen MR) is 137 cm³/mol. The molecule has 0 saturated heterocycles. The average molecular weight is 478 g/mol. The summed E-state index contributed by atoms with van der Waals surface area (Å²) in [6.45, 7) is 8.58. The minimum atomic E-state index is 0.760. The molecule has 0 unspecified atom stereocenters. The van der Waals surface area contributed by atoms with E-state index in [-0.39, 0.29) is 0 Å². The third-order valence-electron chi connectivity index (χ3n) is 5.48. The summed E-state index contributed by atoms with van der Waals surface area (Å²) in [5, 5.41) is 0. The van der Waals surface area contributed by atoms with Crippen molar-refractivity contribution in [3.05, 3.63) is 102 Å². The van der Waals surface area contributed by atoms with Gasteiger partial charge in [0.15, 0.2) is 0 Å². The second kappa shape index (κ2) is 12.5. The monoisotopic (exact) mass is 477 g/mol. The Labute approximate surface area is 195 Å². The molecule has 162 valence electrons. The third kappa shape index (κ3) is 6.81. The van der Waals surface area contributed by atoms with Crippen LogP contribution in [0.15, 0.2) is 84.9 Å². The summed E-state index contributed by atoms with van der Waals surface area (Å²) < 4.78 is 7.08. The molecule has 3 aromatic carbocycles. The van der Waals surface area contributed by atoms with Crippen LogP contribution in [-0.2, 0) is 0 Å². The van der Waals surface area contributed by atoms with Gasteiger partial charge in [0.25, 0.3) is 0 Å². The lowest BCUT2D eigenvalue weighted by Crippen LogP contribution is -2.24. The minimum absolute atomic E-state index is 0.760. The lowest BCUT2D eigenvalue weighted by Gasteiger charge is -2.17. The number of halogens is 1. The molecule has 0 atom stereocenters. The van der Waals surface area contributed by atoms with Gasteiger partial charge in [0.1, 0.15) is 5.75 Å². The Bertz CT molecular complexity index is 932. The van der Waals surface area contributed by atoms with Crippen LogP contribution < -0.4 is 4.74 Å². The number of hydrogen-bond acceptors (Lipinski definition) is 2. The molecule has 0 fully saturated rings. The molecular weight excluding hydrogens is 446 g/mol. The molecule has 0 bridgehead atoms. The summed E-state index contributed by atoms with van der Waals surface area (Å²) >= 11 is 3.87. The lowest BCUT2D eigenvalue weighted by molar-refractivity contribution is 0.266. The zero-order valence-electron chi connectivity index (χ0n) is 18.6. The fourth-order valence-corrected chi connectivity index (χ4v) is 4.36. The van der Waals surface area contributed by atoms with Crippen LogP contribution in [0.25, 0.3) is 10.1 Å². The van der Waals surface area contributed by atoms with Crippen molar-refractivity contribution in [2.45, 2.75) is 26.7 Å². The second-order valence-electron chi connectivity index (χ2n) is 7.53. The highest BCUT2D eigenvalue weighted by Crippen LogP contribution is 2.36. The lowest BCUT2D eigenvalue weighted by atomic mass is 9.95. The molecule has 31 heavy (non-hydrogen) atoms. The normalized spacial score (nSPS) is 12.0. The quantitative estimate of drug-likeness (QED) is 0.209. The topological polar surface area (TPSA) is 12.5 Å². The largest absolute Gasteiger partial charge is 0.494 e. The van der Waals surface area contributed by atoms with Crippen molar-refractivity contribution >= 4 is 26.0 Å². The van der Waals surface area contributed by atoms with Gasteiger partial charge in [-0.2, -0.15) is 0 Å². The van der Waals surface area contributed by atoms with Crippen LogP contribution in [0.5, 0.6) is 5.75 Å².